The van der Waals surface area contributed by atoms with Crippen LogP contribution >= 0.6 is 15.9 Å². The van der Waals surface area contributed by atoms with Crippen molar-refractivity contribution in [2.75, 3.05) is 0 Å². The molecule has 15 heavy (non-hydrogen) atoms. The number of hydrogen-bond acceptors (Lipinski definition) is 1. The second-order valence-electron chi connectivity index (χ2n) is 4.12. The van der Waals surface area contributed by atoms with Crippen LogP contribution in [0.5, 0.6) is 0 Å². The van der Waals surface area contributed by atoms with E-state index in [1.54, 1.807) is 6.21 Å². The van der Waals surface area contributed by atoms with E-state index in [4.69, 9.17) is 0 Å². The molecule has 0 bridgehead atoms. The molecule has 2 nitrogen and oxygen atoms in total. The summed E-state index contributed by atoms with van der Waals surface area (Å²) in [5.74, 6) is 0. The highest BCUT2D eigenvalue weighted by Gasteiger charge is 2.18. The molecule has 0 aliphatic rings. The van der Waals surface area contributed by atoms with Crippen molar-refractivity contribution in [3.05, 3.63) is 34.3 Å². The third-order valence-electron chi connectivity index (χ3n) is 1.72. The number of halogens is 1. The highest BCUT2D eigenvalue weighted by atomic mass is 79.9. The van der Waals surface area contributed by atoms with Crippen LogP contribution in [0.4, 0.5) is 0 Å². The standard InChI is InChI=1S/C11H14BrNOS/c1-11(2,3)15(14)13-8-9-6-4-5-7-10(9)12/h4-8H,1-3H3. The molecule has 0 aliphatic carbocycles. The van der Waals surface area contributed by atoms with E-state index < -0.39 is 11.0 Å². The van der Waals surface area contributed by atoms with E-state index in [1.165, 1.54) is 0 Å². The van der Waals surface area contributed by atoms with Crippen molar-refractivity contribution >= 4 is 33.1 Å². The lowest BCUT2D eigenvalue weighted by Crippen LogP contribution is -2.19. The minimum absolute atomic E-state index is 0.308. The normalized spacial score (nSPS) is 14.4. The van der Waals surface area contributed by atoms with E-state index in [9.17, 15) is 4.21 Å². The number of rotatable bonds is 2. The van der Waals surface area contributed by atoms with E-state index >= 15 is 0 Å². The molecule has 1 unspecified atom stereocenters. The fourth-order valence-corrected chi connectivity index (χ4v) is 1.76. The molecule has 0 heterocycles. The van der Waals surface area contributed by atoms with Crippen molar-refractivity contribution < 1.29 is 4.21 Å². The van der Waals surface area contributed by atoms with Gasteiger partial charge in [0.1, 0.15) is 11.0 Å². The molecular weight excluding hydrogens is 274 g/mol. The second kappa shape index (κ2) is 5.03. The number of benzene rings is 1. The minimum atomic E-state index is -1.20. The van der Waals surface area contributed by atoms with Crippen molar-refractivity contribution in [3.63, 3.8) is 0 Å². The molecule has 0 aromatic heterocycles. The Labute approximate surface area is 102 Å². The Hall–Kier alpha value is -0.480. The Balaban J connectivity index is 2.84. The van der Waals surface area contributed by atoms with Gasteiger partial charge >= 0.3 is 0 Å². The van der Waals surface area contributed by atoms with Crippen molar-refractivity contribution in [1.82, 2.24) is 0 Å². The summed E-state index contributed by atoms with van der Waals surface area (Å²) in [4.78, 5) is 0. The zero-order chi connectivity index (χ0) is 11.5. The number of nitrogens with zero attached hydrogens (tertiary/aromatic N) is 1. The largest absolute Gasteiger partial charge is 0.234 e. The van der Waals surface area contributed by atoms with E-state index in [0.29, 0.717) is 0 Å². The van der Waals surface area contributed by atoms with Crippen LogP contribution in [-0.4, -0.2) is 15.2 Å². The summed E-state index contributed by atoms with van der Waals surface area (Å²) in [6, 6.07) is 7.71. The molecule has 0 amide bonds. The van der Waals surface area contributed by atoms with Crippen LogP contribution in [0, 0.1) is 0 Å². The third kappa shape index (κ3) is 3.87. The molecule has 82 valence electrons. The zero-order valence-electron chi connectivity index (χ0n) is 9.03. The minimum Gasteiger partial charge on any atom is -0.234 e. The summed E-state index contributed by atoms with van der Waals surface area (Å²) in [5.41, 5.74) is 0.940. The third-order valence-corrected chi connectivity index (χ3v) is 3.78. The van der Waals surface area contributed by atoms with Gasteiger partial charge in [-0.2, -0.15) is 4.40 Å². The summed E-state index contributed by atoms with van der Waals surface area (Å²) >= 11 is 3.41. The summed E-state index contributed by atoms with van der Waals surface area (Å²) < 4.78 is 16.3. The van der Waals surface area contributed by atoms with Gasteiger partial charge in [-0.3, -0.25) is 0 Å². The SMILES string of the molecule is CC(C)(C)S(=O)N=Cc1ccccc1Br. The molecule has 0 radical (unpaired) electrons. The van der Waals surface area contributed by atoms with Gasteiger partial charge in [0.25, 0.3) is 0 Å². The maximum atomic E-state index is 11.6. The average Bonchev–Trinajstić information content (AvgIpc) is 2.14. The maximum absolute atomic E-state index is 11.6. The molecule has 0 spiro atoms. The molecule has 1 atom stereocenters. The lowest BCUT2D eigenvalue weighted by Gasteiger charge is -2.12. The first-order valence-electron chi connectivity index (χ1n) is 4.62. The van der Waals surface area contributed by atoms with Crippen molar-refractivity contribution in [1.29, 1.82) is 0 Å². The maximum Gasteiger partial charge on any atom is 0.144 e. The van der Waals surface area contributed by atoms with Gasteiger partial charge in [-0.25, -0.2) is 4.21 Å². The molecule has 1 rings (SSSR count). The van der Waals surface area contributed by atoms with E-state index in [2.05, 4.69) is 20.3 Å². The van der Waals surface area contributed by atoms with Crippen LogP contribution in [0.2, 0.25) is 0 Å². The first kappa shape index (κ1) is 12.6. The first-order valence-corrected chi connectivity index (χ1v) is 6.52. The molecule has 0 N–H and O–H groups in total. The lowest BCUT2D eigenvalue weighted by atomic mass is 10.2. The summed E-state index contributed by atoms with van der Waals surface area (Å²) in [6.45, 7) is 5.71. The fourth-order valence-electron chi connectivity index (χ4n) is 0.843. The van der Waals surface area contributed by atoms with Gasteiger partial charge in [0.2, 0.25) is 0 Å². The summed E-state index contributed by atoms with van der Waals surface area (Å²) in [7, 11) is -1.20. The molecule has 1 aromatic rings. The number of hydrogen-bond donors (Lipinski definition) is 0. The Bertz CT molecular complexity index is 396. The molecule has 0 saturated carbocycles. The molecule has 0 fully saturated rings. The van der Waals surface area contributed by atoms with Crippen LogP contribution < -0.4 is 0 Å². The summed E-state index contributed by atoms with van der Waals surface area (Å²) in [6.07, 6.45) is 1.64. The molecule has 0 aliphatic heterocycles. The Morgan fingerprint density at radius 1 is 1.33 bits per heavy atom. The van der Waals surface area contributed by atoms with Crippen molar-refractivity contribution in [3.8, 4) is 0 Å². The molecule has 4 heteroatoms. The van der Waals surface area contributed by atoms with Gasteiger partial charge < -0.3 is 0 Å². The Morgan fingerprint density at radius 2 is 1.93 bits per heavy atom. The van der Waals surface area contributed by atoms with Gasteiger partial charge in [-0.05, 0) is 26.8 Å². The quantitative estimate of drug-likeness (QED) is 0.767. The highest BCUT2D eigenvalue weighted by molar-refractivity contribution is 9.10. The van der Waals surface area contributed by atoms with E-state index in [0.717, 1.165) is 10.0 Å². The van der Waals surface area contributed by atoms with Crippen LogP contribution in [0.3, 0.4) is 0 Å². The monoisotopic (exact) mass is 287 g/mol. The lowest BCUT2D eigenvalue weighted by molar-refractivity contribution is 0.651. The Kier molecular flexibility index (Phi) is 4.22. The smallest absolute Gasteiger partial charge is 0.144 e. The zero-order valence-corrected chi connectivity index (χ0v) is 11.4. The predicted molar refractivity (Wildman–Crippen MR) is 69.6 cm³/mol. The van der Waals surface area contributed by atoms with Crippen LogP contribution in [-0.2, 0) is 11.0 Å². The van der Waals surface area contributed by atoms with Crippen molar-refractivity contribution in [2.24, 2.45) is 4.40 Å². The van der Waals surface area contributed by atoms with Crippen molar-refractivity contribution in [2.45, 2.75) is 25.5 Å². The van der Waals surface area contributed by atoms with Gasteiger partial charge in [0, 0.05) is 16.3 Å². The van der Waals surface area contributed by atoms with Gasteiger partial charge in [-0.15, -0.1) is 0 Å². The molecule has 1 aromatic carbocycles. The average molecular weight is 288 g/mol. The first-order chi connectivity index (χ1) is 6.91. The van der Waals surface area contributed by atoms with E-state index in [-0.39, 0.29) is 4.75 Å². The van der Waals surface area contributed by atoms with Crippen LogP contribution in [0.15, 0.2) is 33.1 Å². The fraction of sp³-hybridized carbons (Fsp3) is 0.364. The topological polar surface area (TPSA) is 29.4 Å². The van der Waals surface area contributed by atoms with Gasteiger partial charge in [-0.1, -0.05) is 34.1 Å². The molecule has 0 saturated heterocycles. The van der Waals surface area contributed by atoms with E-state index in [1.807, 2.05) is 45.0 Å². The molecular formula is C11H14BrNOS. The Morgan fingerprint density at radius 3 is 2.47 bits per heavy atom. The summed E-state index contributed by atoms with van der Waals surface area (Å²) in [5, 5.41) is 0. The van der Waals surface area contributed by atoms with Gasteiger partial charge in [0.15, 0.2) is 0 Å². The highest BCUT2D eigenvalue weighted by Crippen LogP contribution is 2.16. The predicted octanol–water partition coefficient (Wildman–Crippen LogP) is 3.33. The van der Waals surface area contributed by atoms with Crippen LogP contribution in [0.25, 0.3) is 0 Å². The van der Waals surface area contributed by atoms with Crippen LogP contribution in [0.1, 0.15) is 26.3 Å². The second-order valence-corrected chi connectivity index (χ2v) is 6.91. The van der Waals surface area contributed by atoms with Gasteiger partial charge in [0.05, 0.1) is 4.75 Å².